The third-order valence-electron chi connectivity index (χ3n) is 3.03. The van der Waals surface area contributed by atoms with Gasteiger partial charge in [-0.15, -0.1) is 0 Å². The molecule has 1 N–H and O–H groups in total. The Balaban J connectivity index is 2.62. The van der Waals surface area contributed by atoms with Crippen molar-refractivity contribution < 1.29 is 19.1 Å². The molecule has 0 spiro atoms. The minimum atomic E-state index is -0.902. The number of ether oxygens (including phenoxy) is 2. The van der Waals surface area contributed by atoms with Gasteiger partial charge in [-0.3, -0.25) is 0 Å². The van der Waals surface area contributed by atoms with Crippen LogP contribution >= 0.6 is 0 Å². The van der Waals surface area contributed by atoms with Gasteiger partial charge < -0.3 is 14.8 Å². The van der Waals surface area contributed by atoms with Crippen LogP contribution in [-0.4, -0.2) is 30.7 Å². The van der Waals surface area contributed by atoms with Gasteiger partial charge in [0.15, 0.2) is 6.10 Å². The average molecular weight is 293 g/mol. The van der Waals surface area contributed by atoms with E-state index >= 15 is 0 Å². The van der Waals surface area contributed by atoms with Crippen LogP contribution in [0.25, 0.3) is 0 Å². The van der Waals surface area contributed by atoms with Gasteiger partial charge >= 0.3 is 11.9 Å². The Labute approximate surface area is 125 Å². The first-order valence-corrected chi connectivity index (χ1v) is 7.06. The Morgan fingerprint density at radius 1 is 1.19 bits per heavy atom. The summed E-state index contributed by atoms with van der Waals surface area (Å²) in [7, 11) is 0. The highest BCUT2D eigenvalue weighted by molar-refractivity contribution is 5.83. The zero-order chi connectivity index (χ0) is 16.0. The fraction of sp³-hybridized carbons (Fsp3) is 0.500. The van der Waals surface area contributed by atoms with E-state index in [1.165, 1.54) is 6.92 Å². The molecule has 1 rings (SSSR count). The van der Waals surface area contributed by atoms with Gasteiger partial charge in [0, 0.05) is 5.69 Å². The molecule has 1 aromatic carbocycles. The second-order valence-electron chi connectivity index (χ2n) is 5.02. The standard InChI is InChI=1S/C16H23NO4/c1-6-20-16(19)13(5)21-15(18)12(4)17-14-9-10(2)7-8-11(14)3/h7-9,12-13,17H,6H2,1-5H3/t12-,13?/m0/s1. The van der Waals surface area contributed by atoms with E-state index < -0.39 is 24.1 Å². The van der Waals surface area contributed by atoms with Crippen molar-refractivity contribution in [2.24, 2.45) is 0 Å². The molecule has 1 aromatic rings. The zero-order valence-electron chi connectivity index (χ0n) is 13.2. The number of carbonyl (C=O) groups excluding carboxylic acids is 2. The molecule has 0 saturated carbocycles. The first kappa shape index (κ1) is 17.0. The van der Waals surface area contributed by atoms with Gasteiger partial charge in [-0.1, -0.05) is 12.1 Å². The SMILES string of the molecule is CCOC(=O)C(C)OC(=O)[C@H](C)Nc1cc(C)ccc1C. The lowest BCUT2D eigenvalue weighted by molar-refractivity contribution is -0.166. The second kappa shape index (κ2) is 7.67. The fourth-order valence-electron chi connectivity index (χ4n) is 1.77. The van der Waals surface area contributed by atoms with Crippen LogP contribution in [0, 0.1) is 13.8 Å². The first-order chi connectivity index (χ1) is 9.85. The lowest BCUT2D eigenvalue weighted by Crippen LogP contribution is -2.34. The molecular weight excluding hydrogens is 270 g/mol. The van der Waals surface area contributed by atoms with Crippen LogP contribution in [-0.2, 0) is 19.1 Å². The molecule has 5 heteroatoms. The molecule has 0 aliphatic rings. The van der Waals surface area contributed by atoms with Crippen LogP contribution in [0.3, 0.4) is 0 Å². The van der Waals surface area contributed by atoms with E-state index in [0.29, 0.717) is 0 Å². The Morgan fingerprint density at radius 2 is 1.86 bits per heavy atom. The van der Waals surface area contributed by atoms with Crippen molar-refractivity contribution in [2.75, 3.05) is 11.9 Å². The molecule has 0 heterocycles. The largest absolute Gasteiger partial charge is 0.463 e. The monoisotopic (exact) mass is 293 g/mol. The summed E-state index contributed by atoms with van der Waals surface area (Å²) < 4.78 is 9.89. The maximum Gasteiger partial charge on any atom is 0.347 e. The number of anilines is 1. The highest BCUT2D eigenvalue weighted by Gasteiger charge is 2.23. The number of rotatable bonds is 6. The molecule has 0 saturated heterocycles. The number of hydrogen-bond donors (Lipinski definition) is 1. The molecule has 0 fully saturated rings. The summed E-state index contributed by atoms with van der Waals surface area (Å²) in [5, 5.41) is 3.10. The summed E-state index contributed by atoms with van der Waals surface area (Å²) in [6, 6.07) is 5.40. The minimum absolute atomic E-state index is 0.261. The lowest BCUT2D eigenvalue weighted by Gasteiger charge is -2.19. The molecular formula is C16H23NO4. The van der Waals surface area contributed by atoms with Crippen LogP contribution < -0.4 is 5.32 Å². The van der Waals surface area contributed by atoms with Crippen LogP contribution in [0.1, 0.15) is 31.9 Å². The van der Waals surface area contributed by atoms with Crippen molar-refractivity contribution in [1.82, 2.24) is 0 Å². The number of carbonyl (C=O) groups is 2. The Bertz CT molecular complexity index is 513. The van der Waals surface area contributed by atoms with Crippen molar-refractivity contribution in [3.63, 3.8) is 0 Å². The smallest absolute Gasteiger partial charge is 0.347 e. The number of benzene rings is 1. The van der Waals surface area contributed by atoms with E-state index in [4.69, 9.17) is 9.47 Å². The predicted octanol–water partition coefficient (Wildman–Crippen LogP) is 2.60. The molecule has 0 amide bonds. The number of aryl methyl sites for hydroxylation is 2. The van der Waals surface area contributed by atoms with Crippen LogP contribution in [0.2, 0.25) is 0 Å². The summed E-state index contributed by atoms with van der Waals surface area (Å²) in [5.41, 5.74) is 3.02. The third-order valence-corrected chi connectivity index (χ3v) is 3.03. The van der Waals surface area contributed by atoms with E-state index in [9.17, 15) is 9.59 Å². The van der Waals surface area contributed by atoms with Crippen LogP contribution in [0.4, 0.5) is 5.69 Å². The van der Waals surface area contributed by atoms with Gasteiger partial charge in [0.1, 0.15) is 6.04 Å². The zero-order valence-corrected chi connectivity index (χ0v) is 13.2. The van der Waals surface area contributed by atoms with E-state index in [1.54, 1.807) is 13.8 Å². The van der Waals surface area contributed by atoms with E-state index in [2.05, 4.69) is 5.32 Å². The number of nitrogens with one attached hydrogen (secondary N) is 1. The Kier molecular flexibility index (Phi) is 6.21. The van der Waals surface area contributed by atoms with Gasteiger partial charge in [-0.05, 0) is 51.8 Å². The third kappa shape index (κ3) is 5.10. The summed E-state index contributed by atoms with van der Waals surface area (Å²) in [6.45, 7) is 9.11. The minimum Gasteiger partial charge on any atom is -0.463 e. The fourth-order valence-corrected chi connectivity index (χ4v) is 1.77. The van der Waals surface area contributed by atoms with Crippen molar-refractivity contribution in [2.45, 2.75) is 46.8 Å². The summed E-state index contributed by atoms with van der Waals surface area (Å²) >= 11 is 0. The predicted molar refractivity (Wildman–Crippen MR) is 81.2 cm³/mol. The average Bonchev–Trinajstić information content (AvgIpc) is 2.42. The molecule has 116 valence electrons. The van der Waals surface area contributed by atoms with E-state index in [-0.39, 0.29) is 6.61 Å². The van der Waals surface area contributed by atoms with Crippen molar-refractivity contribution >= 4 is 17.6 Å². The highest BCUT2D eigenvalue weighted by atomic mass is 16.6. The summed E-state index contributed by atoms with van der Waals surface area (Å²) in [4.78, 5) is 23.4. The maximum atomic E-state index is 12.0. The van der Waals surface area contributed by atoms with Gasteiger partial charge in [0.25, 0.3) is 0 Å². The lowest BCUT2D eigenvalue weighted by atomic mass is 10.1. The molecule has 1 unspecified atom stereocenters. The molecule has 0 bridgehead atoms. The Morgan fingerprint density at radius 3 is 2.48 bits per heavy atom. The molecule has 21 heavy (non-hydrogen) atoms. The van der Waals surface area contributed by atoms with Crippen LogP contribution in [0.15, 0.2) is 18.2 Å². The van der Waals surface area contributed by atoms with Gasteiger partial charge in [0.05, 0.1) is 6.61 Å². The topological polar surface area (TPSA) is 64.6 Å². The quantitative estimate of drug-likeness (QED) is 0.817. The van der Waals surface area contributed by atoms with Crippen molar-refractivity contribution in [3.8, 4) is 0 Å². The molecule has 0 radical (unpaired) electrons. The van der Waals surface area contributed by atoms with Gasteiger partial charge in [-0.2, -0.15) is 0 Å². The normalized spacial score (nSPS) is 13.2. The number of hydrogen-bond acceptors (Lipinski definition) is 5. The highest BCUT2D eigenvalue weighted by Crippen LogP contribution is 2.17. The maximum absolute atomic E-state index is 12.0. The molecule has 0 aromatic heterocycles. The van der Waals surface area contributed by atoms with Gasteiger partial charge in [0.2, 0.25) is 0 Å². The summed E-state index contributed by atoms with van der Waals surface area (Å²) in [5.74, 6) is -1.03. The van der Waals surface area contributed by atoms with Crippen molar-refractivity contribution in [3.05, 3.63) is 29.3 Å². The van der Waals surface area contributed by atoms with Crippen LogP contribution in [0.5, 0.6) is 0 Å². The first-order valence-electron chi connectivity index (χ1n) is 7.06. The van der Waals surface area contributed by atoms with E-state index in [1.807, 2.05) is 32.0 Å². The number of esters is 2. The second-order valence-corrected chi connectivity index (χ2v) is 5.02. The Hall–Kier alpha value is -2.04. The van der Waals surface area contributed by atoms with E-state index in [0.717, 1.165) is 16.8 Å². The summed E-state index contributed by atoms with van der Waals surface area (Å²) in [6.07, 6.45) is -0.902. The molecule has 5 nitrogen and oxygen atoms in total. The molecule has 2 atom stereocenters. The molecule has 0 aliphatic heterocycles. The van der Waals surface area contributed by atoms with Gasteiger partial charge in [-0.25, -0.2) is 9.59 Å². The van der Waals surface area contributed by atoms with Crippen molar-refractivity contribution in [1.29, 1.82) is 0 Å². The molecule has 0 aliphatic carbocycles.